The fourth-order valence-electron chi connectivity index (χ4n) is 1.40. The largest absolute Gasteiger partial charge is 0.514 e. The molecule has 0 aromatic carbocycles. The summed E-state index contributed by atoms with van der Waals surface area (Å²) in [6, 6.07) is 0. The molecule has 1 aliphatic rings. The van der Waals surface area contributed by atoms with E-state index >= 15 is 0 Å². The van der Waals surface area contributed by atoms with Gasteiger partial charge in [-0.2, -0.15) is 0 Å². The number of rotatable bonds is 0. The van der Waals surface area contributed by atoms with Gasteiger partial charge in [0.25, 0.3) is 0 Å². The highest BCUT2D eigenvalue weighted by Crippen LogP contribution is 2.65. The first-order valence-corrected chi connectivity index (χ1v) is 5.44. The van der Waals surface area contributed by atoms with Crippen LogP contribution in [0.3, 0.4) is 0 Å². The zero-order valence-corrected chi connectivity index (χ0v) is 9.20. The maximum absolute atomic E-state index is 13.6. The Morgan fingerprint density at radius 1 is 1.00 bits per heavy atom. The second kappa shape index (κ2) is 2.74. The van der Waals surface area contributed by atoms with E-state index in [1.54, 1.807) is 0 Å². The molecule has 14 heavy (non-hydrogen) atoms. The van der Waals surface area contributed by atoms with Gasteiger partial charge in [-0.3, -0.25) is 9.05 Å². The van der Waals surface area contributed by atoms with Crippen molar-refractivity contribution in [2.45, 2.75) is 44.8 Å². The van der Waals surface area contributed by atoms with E-state index in [2.05, 4.69) is 9.05 Å². The Bertz CT molecular complexity index is 277. The third kappa shape index (κ3) is 1.59. The van der Waals surface area contributed by atoms with Crippen LogP contribution in [0.1, 0.15) is 27.7 Å². The maximum Gasteiger partial charge on any atom is 0.514 e. The summed E-state index contributed by atoms with van der Waals surface area (Å²) in [6.45, 7) is 3.90. The fraction of sp³-hybridized carbons (Fsp3) is 1.00. The van der Waals surface area contributed by atoms with Gasteiger partial charge < -0.3 is 0 Å². The molecule has 0 radical (unpaired) electrons. The van der Waals surface area contributed by atoms with Crippen molar-refractivity contribution < 1.29 is 26.6 Å². The molecule has 0 aromatic heterocycles. The van der Waals surface area contributed by atoms with E-state index in [4.69, 9.17) is 0 Å². The van der Waals surface area contributed by atoms with Crippen molar-refractivity contribution in [3.8, 4) is 0 Å². The Labute approximate surface area is 80.2 Å². The minimum Gasteiger partial charge on any atom is -0.271 e. The summed E-state index contributed by atoms with van der Waals surface area (Å²) >= 11 is 0. The Morgan fingerprint density at radius 2 is 1.29 bits per heavy atom. The van der Waals surface area contributed by atoms with E-state index in [1.165, 1.54) is 0 Å². The Balaban J connectivity index is 3.20. The highest BCUT2D eigenvalue weighted by molar-refractivity contribution is 7.48. The summed E-state index contributed by atoms with van der Waals surface area (Å²) in [5.74, 6) is -3.43. The topological polar surface area (TPSA) is 35.5 Å². The van der Waals surface area contributed by atoms with E-state index in [9.17, 15) is 17.5 Å². The highest BCUT2D eigenvalue weighted by Gasteiger charge is 2.68. The third-order valence-corrected chi connectivity index (χ3v) is 3.54. The van der Waals surface area contributed by atoms with Gasteiger partial charge in [0.1, 0.15) is 11.2 Å². The first-order valence-electron chi connectivity index (χ1n) is 4.00. The van der Waals surface area contributed by atoms with E-state index in [-0.39, 0.29) is 0 Å². The summed E-state index contributed by atoms with van der Waals surface area (Å²) in [4.78, 5) is 0. The minimum absolute atomic E-state index is 0.976. The lowest BCUT2D eigenvalue weighted by Crippen LogP contribution is -2.61. The van der Waals surface area contributed by atoms with Crippen molar-refractivity contribution in [2.75, 3.05) is 0 Å². The van der Waals surface area contributed by atoms with Crippen molar-refractivity contribution in [1.82, 2.24) is 0 Å². The van der Waals surface area contributed by atoms with Crippen LogP contribution in [0.25, 0.3) is 0 Å². The molecule has 0 N–H and O–H groups in total. The molecule has 3 nitrogen and oxygen atoms in total. The number of hydrogen-bond donors (Lipinski definition) is 0. The fourth-order valence-corrected chi connectivity index (χ4v) is 2.76. The smallest absolute Gasteiger partial charge is 0.271 e. The Morgan fingerprint density at radius 3 is 1.57 bits per heavy atom. The number of alkyl halides is 2. The summed E-state index contributed by atoms with van der Waals surface area (Å²) in [5.41, 5.74) is -4.31. The van der Waals surface area contributed by atoms with Gasteiger partial charge in [0, 0.05) is 0 Å². The van der Waals surface area contributed by atoms with Crippen LogP contribution >= 0.6 is 7.91 Å². The van der Waals surface area contributed by atoms with Crippen molar-refractivity contribution in [2.24, 2.45) is 0 Å². The van der Waals surface area contributed by atoms with E-state index in [1.807, 2.05) is 0 Å². The Kier molecular flexibility index (Phi) is 2.35. The molecule has 1 aliphatic heterocycles. The van der Waals surface area contributed by atoms with Gasteiger partial charge in [-0.25, -0.2) is 13.3 Å². The van der Waals surface area contributed by atoms with Crippen molar-refractivity contribution >= 4 is 7.91 Å². The van der Waals surface area contributed by atoms with Gasteiger partial charge in [0.2, 0.25) is 0 Å². The average Bonchev–Trinajstić information content (AvgIpc) is 1.77. The van der Waals surface area contributed by atoms with E-state index < -0.39 is 25.0 Å². The third-order valence-electron chi connectivity index (χ3n) is 2.19. The summed E-state index contributed by atoms with van der Waals surface area (Å²) in [7, 11) is -4.89. The second-order valence-electron chi connectivity index (χ2n) is 4.21. The van der Waals surface area contributed by atoms with Crippen LogP contribution in [0.2, 0.25) is 0 Å². The van der Waals surface area contributed by atoms with Gasteiger partial charge in [0.15, 0.2) is 0 Å². The number of halogens is 3. The SMILES string of the molecule is CC1(C)OP(=O)(F)OC(C)(C)C1(F)F. The predicted octanol–water partition coefficient (Wildman–Crippen LogP) is 3.30. The lowest BCUT2D eigenvalue weighted by atomic mass is 9.87. The first-order chi connectivity index (χ1) is 5.91. The molecule has 0 aliphatic carbocycles. The van der Waals surface area contributed by atoms with Gasteiger partial charge in [-0.15, -0.1) is 4.20 Å². The zero-order chi connectivity index (χ0) is 11.4. The van der Waals surface area contributed by atoms with Crippen molar-refractivity contribution in [3.63, 3.8) is 0 Å². The molecule has 0 aromatic rings. The van der Waals surface area contributed by atoms with Crippen LogP contribution in [-0.2, 0) is 13.6 Å². The maximum atomic E-state index is 13.6. The van der Waals surface area contributed by atoms with E-state index in [0.29, 0.717) is 0 Å². The standard InChI is InChI=1S/C7H12F3O3P/c1-5(2)7(8,9)6(3,4)13-14(10,11)12-5/h1-4H3. The molecule has 84 valence electrons. The lowest BCUT2D eigenvalue weighted by Gasteiger charge is -2.47. The van der Waals surface area contributed by atoms with Gasteiger partial charge in [0.05, 0.1) is 0 Å². The monoisotopic (exact) mass is 232 g/mol. The van der Waals surface area contributed by atoms with Crippen LogP contribution in [0, 0.1) is 0 Å². The van der Waals surface area contributed by atoms with Gasteiger partial charge in [-0.05, 0) is 27.7 Å². The van der Waals surface area contributed by atoms with Crippen molar-refractivity contribution in [3.05, 3.63) is 0 Å². The molecular weight excluding hydrogens is 220 g/mol. The van der Waals surface area contributed by atoms with E-state index in [0.717, 1.165) is 27.7 Å². The molecule has 1 saturated heterocycles. The van der Waals surface area contributed by atoms with Gasteiger partial charge in [-0.1, -0.05) is 0 Å². The van der Waals surface area contributed by atoms with Crippen LogP contribution in [0.15, 0.2) is 0 Å². The average molecular weight is 232 g/mol. The molecule has 0 unspecified atom stereocenters. The molecule has 1 heterocycles. The quantitative estimate of drug-likeness (QED) is 0.601. The van der Waals surface area contributed by atoms with Crippen LogP contribution in [-0.4, -0.2) is 17.1 Å². The molecule has 0 amide bonds. The van der Waals surface area contributed by atoms with Crippen LogP contribution < -0.4 is 0 Å². The number of hydrogen-bond acceptors (Lipinski definition) is 3. The second-order valence-corrected chi connectivity index (χ2v) is 5.43. The molecule has 1 rings (SSSR count). The Hall–Kier alpha value is -0.0600. The molecule has 0 atom stereocenters. The van der Waals surface area contributed by atoms with Crippen LogP contribution in [0.4, 0.5) is 13.0 Å². The summed E-state index contributed by atoms with van der Waals surface area (Å²) in [6.07, 6.45) is 0. The highest BCUT2D eigenvalue weighted by atomic mass is 31.2. The lowest BCUT2D eigenvalue weighted by molar-refractivity contribution is -0.267. The normalized spacial score (nSPS) is 32.5. The summed E-state index contributed by atoms with van der Waals surface area (Å²) in [5, 5.41) is 0. The molecule has 1 fully saturated rings. The van der Waals surface area contributed by atoms with Crippen LogP contribution in [0.5, 0.6) is 0 Å². The predicted molar refractivity (Wildman–Crippen MR) is 44.0 cm³/mol. The zero-order valence-electron chi connectivity index (χ0n) is 8.31. The molecule has 0 spiro atoms. The molecular formula is C7H12F3O3P. The molecule has 7 heteroatoms. The van der Waals surface area contributed by atoms with Gasteiger partial charge >= 0.3 is 13.8 Å². The molecule has 0 saturated carbocycles. The molecule has 0 bridgehead atoms. The first kappa shape index (κ1) is 12.0. The van der Waals surface area contributed by atoms with Crippen molar-refractivity contribution in [1.29, 1.82) is 0 Å². The summed E-state index contributed by atoms with van der Waals surface area (Å²) < 4.78 is 59.3. The minimum atomic E-state index is -4.89.